The van der Waals surface area contributed by atoms with E-state index in [2.05, 4.69) is 12.3 Å². The first-order valence-corrected chi connectivity index (χ1v) is 7.37. The molecule has 2 unspecified atom stereocenters. The van der Waals surface area contributed by atoms with Crippen molar-refractivity contribution in [2.75, 3.05) is 12.5 Å². The Morgan fingerprint density at radius 3 is 2.80 bits per heavy atom. The van der Waals surface area contributed by atoms with E-state index in [1.54, 1.807) is 0 Å². The lowest BCUT2D eigenvalue weighted by Crippen LogP contribution is -2.40. The van der Waals surface area contributed by atoms with E-state index in [0.29, 0.717) is 23.2 Å². The third-order valence-electron chi connectivity index (χ3n) is 4.34. The van der Waals surface area contributed by atoms with Crippen LogP contribution in [0.2, 0.25) is 0 Å². The number of nitrogen functional groups attached to an aromatic ring is 1. The Balaban J connectivity index is 2.19. The van der Waals surface area contributed by atoms with Crippen LogP contribution >= 0.6 is 0 Å². The van der Waals surface area contributed by atoms with E-state index in [9.17, 15) is 4.79 Å². The molecule has 1 aliphatic carbocycles. The zero-order valence-corrected chi connectivity index (χ0v) is 12.6. The first-order chi connectivity index (χ1) is 9.52. The summed E-state index contributed by atoms with van der Waals surface area (Å²) >= 11 is 0. The number of anilines is 1. The van der Waals surface area contributed by atoms with Gasteiger partial charge in [0.2, 0.25) is 0 Å². The highest BCUT2D eigenvalue weighted by Crippen LogP contribution is 2.28. The Kier molecular flexibility index (Phi) is 4.65. The number of benzene rings is 1. The van der Waals surface area contributed by atoms with Crippen LogP contribution in [0.5, 0.6) is 0 Å². The van der Waals surface area contributed by atoms with Gasteiger partial charge in [-0.2, -0.15) is 0 Å². The van der Waals surface area contributed by atoms with Gasteiger partial charge in [0.1, 0.15) is 0 Å². The summed E-state index contributed by atoms with van der Waals surface area (Å²) in [6.45, 7) is 4.25. The molecule has 110 valence electrons. The molecule has 1 amide bonds. The molecule has 4 heteroatoms. The van der Waals surface area contributed by atoms with Gasteiger partial charge in [-0.3, -0.25) is 10.6 Å². The first-order valence-electron chi connectivity index (χ1n) is 7.37. The van der Waals surface area contributed by atoms with Gasteiger partial charge >= 0.3 is 0 Å². The van der Waals surface area contributed by atoms with Crippen molar-refractivity contribution in [3.05, 3.63) is 29.3 Å². The maximum atomic E-state index is 12.7. The number of rotatable bonds is 3. The van der Waals surface area contributed by atoms with Crippen LogP contribution in [0, 0.1) is 12.8 Å². The lowest BCUT2D eigenvalue weighted by atomic mass is 9.86. The normalized spacial score (nSPS) is 22.4. The molecular formula is C16H25N3O. The largest absolute Gasteiger partial charge is 0.339 e. The van der Waals surface area contributed by atoms with E-state index < -0.39 is 0 Å². The zero-order chi connectivity index (χ0) is 14.7. The number of amides is 1. The minimum Gasteiger partial charge on any atom is -0.339 e. The van der Waals surface area contributed by atoms with Crippen molar-refractivity contribution >= 4 is 11.6 Å². The van der Waals surface area contributed by atoms with E-state index in [4.69, 9.17) is 5.84 Å². The molecule has 2 atom stereocenters. The number of carbonyl (C=O) groups excluding carboxylic acids is 1. The summed E-state index contributed by atoms with van der Waals surface area (Å²) in [6, 6.07) is 6.06. The van der Waals surface area contributed by atoms with Gasteiger partial charge < -0.3 is 10.3 Å². The predicted molar refractivity (Wildman–Crippen MR) is 82.5 cm³/mol. The van der Waals surface area contributed by atoms with Crippen molar-refractivity contribution in [1.29, 1.82) is 0 Å². The van der Waals surface area contributed by atoms with Gasteiger partial charge in [-0.1, -0.05) is 31.4 Å². The predicted octanol–water partition coefficient (Wildman–Crippen LogP) is 2.93. The number of nitrogens with zero attached hydrogens (tertiary/aromatic N) is 1. The molecule has 4 nitrogen and oxygen atoms in total. The van der Waals surface area contributed by atoms with Crippen LogP contribution in [0.25, 0.3) is 0 Å². The van der Waals surface area contributed by atoms with Crippen LogP contribution in [0.4, 0.5) is 5.69 Å². The highest BCUT2D eigenvalue weighted by molar-refractivity contribution is 5.99. The van der Waals surface area contributed by atoms with E-state index in [1.165, 1.54) is 12.8 Å². The van der Waals surface area contributed by atoms with Gasteiger partial charge in [-0.15, -0.1) is 0 Å². The summed E-state index contributed by atoms with van der Waals surface area (Å²) < 4.78 is 0. The Morgan fingerprint density at radius 1 is 1.40 bits per heavy atom. The van der Waals surface area contributed by atoms with Crippen LogP contribution in [0.15, 0.2) is 18.2 Å². The minimum absolute atomic E-state index is 0.0563. The fourth-order valence-corrected chi connectivity index (χ4v) is 3.07. The fourth-order valence-electron chi connectivity index (χ4n) is 3.07. The number of nitrogens with two attached hydrogens (primary N) is 1. The number of aryl methyl sites for hydroxylation is 1. The Morgan fingerprint density at radius 2 is 2.15 bits per heavy atom. The van der Waals surface area contributed by atoms with Crippen LogP contribution in [0.1, 0.15) is 48.5 Å². The summed E-state index contributed by atoms with van der Waals surface area (Å²) in [5.74, 6) is 6.28. The van der Waals surface area contributed by atoms with Gasteiger partial charge in [0.05, 0.1) is 11.3 Å². The van der Waals surface area contributed by atoms with Crippen LogP contribution in [0.3, 0.4) is 0 Å². The third-order valence-corrected chi connectivity index (χ3v) is 4.34. The van der Waals surface area contributed by atoms with Crippen molar-refractivity contribution < 1.29 is 4.79 Å². The van der Waals surface area contributed by atoms with Crippen LogP contribution in [-0.4, -0.2) is 23.9 Å². The summed E-state index contributed by atoms with van der Waals surface area (Å²) in [5, 5.41) is 0. The summed E-state index contributed by atoms with van der Waals surface area (Å²) in [5.41, 5.74) is 5.04. The number of hydrogen-bond acceptors (Lipinski definition) is 3. The fraction of sp³-hybridized carbons (Fsp3) is 0.562. The maximum Gasteiger partial charge on any atom is 0.256 e. The Bertz CT molecular complexity index is 487. The molecule has 1 fully saturated rings. The average molecular weight is 275 g/mol. The molecule has 1 aliphatic rings. The summed E-state index contributed by atoms with van der Waals surface area (Å²) in [4.78, 5) is 14.6. The number of hydrogen-bond donors (Lipinski definition) is 2. The molecule has 0 aliphatic heterocycles. The second-order valence-electron chi connectivity index (χ2n) is 6.04. The zero-order valence-electron chi connectivity index (χ0n) is 12.6. The molecule has 1 aromatic rings. The van der Waals surface area contributed by atoms with Crippen molar-refractivity contribution in [1.82, 2.24) is 4.90 Å². The molecule has 3 N–H and O–H groups in total. The third kappa shape index (κ3) is 3.12. The van der Waals surface area contributed by atoms with Gasteiger partial charge in [0.15, 0.2) is 0 Å². The smallest absolute Gasteiger partial charge is 0.256 e. The first kappa shape index (κ1) is 14.9. The Labute approximate surface area is 121 Å². The van der Waals surface area contributed by atoms with E-state index in [-0.39, 0.29) is 5.91 Å². The quantitative estimate of drug-likeness (QED) is 0.658. The lowest BCUT2D eigenvalue weighted by molar-refractivity contribution is 0.0673. The number of nitrogens with one attached hydrogen (secondary N) is 1. The summed E-state index contributed by atoms with van der Waals surface area (Å²) in [6.07, 6.45) is 4.68. The van der Waals surface area contributed by atoms with E-state index in [1.807, 2.05) is 37.1 Å². The van der Waals surface area contributed by atoms with Crippen LogP contribution in [-0.2, 0) is 0 Å². The highest BCUT2D eigenvalue weighted by Gasteiger charge is 2.27. The number of carbonyl (C=O) groups is 1. The molecule has 2 rings (SSSR count). The van der Waals surface area contributed by atoms with Crippen molar-refractivity contribution in [2.24, 2.45) is 11.8 Å². The van der Waals surface area contributed by atoms with Gasteiger partial charge in [0, 0.05) is 13.1 Å². The monoisotopic (exact) mass is 275 g/mol. The molecule has 0 bridgehead atoms. The van der Waals surface area contributed by atoms with Crippen molar-refractivity contribution in [3.8, 4) is 0 Å². The van der Waals surface area contributed by atoms with Gasteiger partial charge in [-0.25, -0.2) is 0 Å². The minimum atomic E-state index is 0.0563. The number of hydrazine groups is 1. The molecule has 1 aromatic carbocycles. The lowest BCUT2D eigenvalue weighted by Gasteiger charge is -2.34. The topological polar surface area (TPSA) is 58.4 Å². The van der Waals surface area contributed by atoms with Gasteiger partial charge in [-0.05, 0) is 37.8 Å². The standard InChI is InChI=1S/C16H25N3O/c1-11-5-4-6-13(9-11)19(3)16(20)14-10-12(2)7-8-15(14)18-17/h7-8,10-11,13,18H,4-6,9,17H2,1-3H3. The molecule has 0 saturated heterocycles. The van der Waals surface area contributed by atoms with E-state index in [0.717, 1.165) is 18.4 Å². The molecule has 0 heterocycles. The van der Waals surface area contributed by atoms with E-state index >= 15 is 0 Å². The molecule has 0 spiro atoms. The maximum absolute atomic E-state index is 12.7. The molecule has 20 heavy (non-hydrogen) atoms. The van der Waals surface area contributed by atoms with Crippen molar-refractivity contribution in [3.63, 3.8) is 0 Å². The highest BCUT2D eigenvalue weighted by atomic mass is 16.2. The van der Waals surface area contributed by atoms with Gasteiger partial charge in [0.25, 0.3) is 5.91 Å². The second kappa shape index (κ2) is 6.27. The molecular weight excluding hydrogens is 250 g/mol. The SMILES string of the molecule is Cc1ccc(NN)c(C(=O)N(C)C2CCCC(C)C2)c1. The molecule has 1 saturated carbocycles. The van der Waals surface area contributed by atoms with Crippen molar-refractivity contribution in [2.45, 2.75) is 45.6 Å². The Hall–Kier alpha value is -1.55. The summed E-state index contributed by atoms with van der Waals surface area (Å²) in [7, 11) is 1.91. The molecule has 0 radical (unpaired) electrons. The van der Waals surface area contributed by atoms with Crippen LogP contribution < -0.4 is 11.3 Å². The average Bonchev–Trinajstić information content (AvgIpc) is 2.45. The molecule has 0 aromatic heterocycles. The second-order valence-corrected chi connectivity index (χ2v) is 6.04.